The average Bonchev–Trinajstić information content (AvgIpc) is 3.24. The fraction of sp³-hybridized carbons (Fsp3) is 0.885. The van der Waals surface area contributed by atoms with Crippen molar-refractivity contribution in [3.8, 4) is 0 Å². The molecule has 1 aliphatic carbocycles. The number of aliphatic hydroxyl groups is 1. The monoisotopic (exact) mass is 496 g/mol. The molecule has 0 radical (unpaired) electrons. The molecule has 3 aliphatic heterocycles. The standard InChI is InChI=1S/C26H40O9/c1-12(2)18-19-20(17-11-13(3)26(30)10-9-24(7,35-26)22(19)33-17)25(8,34-16(6)29)23(32-15(5)28)21(18)31-14(4)27/h12-13,17-23,30H,9-11H2,1-8H3/t13-,17+,18+,19+,20+,21-,22+,23-,24+,25-,26-/m0/s1. The smallest absolute Gasteiger partial charge is 0.303 e. The Bertz CT molecular complexity index is 888. The molecule has 0 amide bonds. The SMILES string of the molecule is CC(=O)O[C@H]1[C@H](C(C)C)[C@@H]2[C@@H]([C@H]3C[C@H](C)[C@]4(O)CC[C@@](C)(O4)[C@@H]2O3)[C@](C)(OC(C)=O)[C@H]1OC(C)=O. The van der Waals surface area contributed by atoms with Gasteiger partial charge in [0.2, 0.25) is 0 Å². The summed E-state index contributed by atoms with van der Waals surface area (Å²) in [6.07, 6.45) is -1.09. The zero-order valence-corrected chi connectivity index (χ0v) is 22.0. The van der Waals surface area contributed by atoms with Crippen LogP contribution in [0.3, 0.4) is 0 Å². The summed E-state index contributed by atoms with van der Waals surface area (Å²) >= 11 is 0. The molecule has 35 heavy (non-hydrogen) atoms. The summed E-state index contributed by atoms with van der Waals surface area (Å²) in [6.45, 7) is 13.7. The van der Waals surface area contributed by atoms with Gasteiger partial charge in [0.1, 0.15) is 6.10 Å². The zero-order chi connectivity index (χ0) is 26.1. The molecule has 3 saturated heterocycles. The minimum absolute atomic E-state index is 0.0127. The minimum Gasteiger partial charge on any atom is -0.458 e. The quantitative estimate of drug-likeness (QED) is 0.463. The molecule has 9 heteroatoms. The lowest BCUT2D eigenvalue weighted by atomic mass is 9.55. The lowest BCUT2D eigenvalue weighted by Gasteiger charge is -2.55. The van der Waals surface area contributed by atoms with Crippen molar-refractivity contribution in [1.29, 1.82) is 0 Å². The van der Waals surface area contributed by atoms with E-state index in [4.69, 9.17) is 23.7 Å². The van der Waals surface area contributed by atoms with E-state index in [1.54, 1.807) is 6.92 Å². The van der Waals surface area contributed by atoms with Crippen LogP contribution in [0.5, 0.6) is 0 Å². The molecular weight excluding hydrogens is 456 g/mol. The maximum atomic E-state index is 12.4. The van der Waals surface area contributed by atoms with Crippen molar-refractivity contribution in [2.24, 2.45) is 29.6 Å². The van der Waals surface area contributed by atoms with Crippen LogP contribution in [0.15, 0.2) is 0 Å². The summed E-state index contributed by atoms with van der Waals surface area (Å²) in [5.74, 6) is -3.95. The van der Waals surface area contributed by atoms with E-state index in [-0.39, 0.29) is 35.7 Å². The Kier molecular flexibility index (Phi) is 6.55. The fourth-order valence-corrected chi connectivity index (χ4v) is 7.65. The number of hydrogen-bond donors (Lipinski definition) is 1. The highest BCUT2D eigenvalue weighted by atomic mass is 16.7. The molecule has 4 aliphatic rings. The maximum Gasteiger partial charge on any atom is 0.303 e. The Labute approximate surface area is 207 Å². The first-order valence-corrected chi connectivity index (χ1v) is 12.7. The van der Waals surface area contributed by atoms with Crippen molar-refractivity contribution in [3.05, 3.63) is 0 Å². The van der Waals surface area contributed by atoms with E-state index in [0.717, 1.165) is 0 Å². The van der Waals surface area contributed by atoms with E-state index in [1.807, 2.05) is 27.7 Å². The second-order valence-electron chi connectivity index (χ2n) is 11.8. The van der Waals surface area contributed by atoms with Gasteiger partial charge >= 0.3 is 17.9 Å². The van der Waals surface area contributed by atoms with Crippen LogP contribution in [0.4, 0.5) is 0 Å². The van der Waals surface area contributed by atoms with Gasteiger partial charge in [-0.25, -0.2) is 0 Å². The third kappa shape index (κ3) is 4.17. The van der Waals surface area contributed by atoms with Crippen LogP contribution in [0, 0.1) is 29.6 Å². The van der Waals surface area contributed by atoms with E-state index in [1.165, 1.54) is 20.8 Å². The van der Waals surface area contributed by atoms with Gasteiger partial charge in [-0.2, -0.15) is 0 Å². The normalized spacial score (nSPS) is 48.5. The highest BCUT2D eigenvalue weighted by Crippen LogP contribution is 2.62. The minimum atomic E-state index is -1.32. The van der Waals surface area contributed by atoms with Crippen molar-refractivity contribution >= 4 is 17.9 Å². The van der Waals surface area contributed by atoms with E-state index in [9.17, 15) is 19.5 Å². The van der Waals surface area contributed by atoms with E-state index >= 15 is 0 Å². The highest BCUT2D eigenvalue weighted by Gasteiger charge is 2.73. The number of fused-ring (bicyclic) bond motifs is 8. The van der Waals surface area contributed by atoms with Gasteiger partial charge in [-0.1, -0.05) is 20.8 Å². The molecule has 9 nitrogen and oxygen atoms in total. The van der Waals surface area contributed by atoms with Crippen molar-refractivity contribution in [2.75, 3.05) is 0 Å². The molecule has 4 rings (SSSR count). The number of ether oxygens (including phenoxy) is 5. The van der Waals surface area contributed by atoms with Gasteiger partial charge < -0.3 is 28.8 Å². The fourth-order valence-electron chi connectivity index (χ4n) is 7.65. The molecule has 0 spiro atoms. The van der Waals surface area contributed by atoms with Crippen LogP contribution in [0.2, 0.25) is 0 Å². The van der Waals surface area contributed by atoms with Crippen LogP contribution >= 0.6 is 0 Å². The summed E-state index contributed by atoms with van der Waals surface area (Å²) < 4.78 is 30.9. The molecule has 0 aromatic heterocycles. The molecule has 1 N–H and O–H groups in total. The summed E-state index contributed by atoms with van der Waals surface area (Å²) in [6, 6.07) is 0. The molecule has 198 valence electrons. The first-order chi connectivity index (χ1) is 16.1. The Morgan fingerprint density at radius 1 is 1.00 bits per heavy atom. The van der Waals surface area contributed by atoms with Crippen LogP contribution in [0.1, 0.15) is 74.7 Å². The topological polar surface area (TPSA) is 118 Å². The van der Waals surface area contributed by atoms with Gasteiger partial charge in [-0.05, 0) is 32.6 Å². The third-order valence-corrected chi connectivity index (χ3v) is 8.91. The van der Waals surface area contributed by atoms with Crippen molar-refractivity contribution in [3.63, 3.8) is 0 Å². The lowest BCUT2D eigenvalue weighted by Crippen LogP contribution is -2.69. The molecular formula is C26H40O9. The third-order valence-electron chi connectivity index (χ3n) is 8.91. The Balaban J connectivity index is 1.93. The van der Waals surface area contributed by atoms with Gasteiger partial charge in [0.05, 0.1) is 17.8 Å². The molecule has 1 saturated carbocycles. The summed E-state index contributed by atoms with van der Waals surface area (Å²) in [5.41, 5.74) is -2.10. The molecule has 0 aromatic rings. The van der Waals surface area contributed by atoms with E-state index < -0.39 is 53.2 Å². The first kappa shape index (κ1) is 26.4. The predicted octanol–water partition coefficient (Wildman–Crippen LogP) is 2.75. The van der Waals surface area contributed by atoms with Crippen molar-refractivity contribution in [2.45, 2.75) is 116 Å². The van der Waals surface area contributed by atoms with E-state index in [0.29, 0.717) is 19.3 Å². The van der Waals surface area contributed by atoms with E-state index in [2.05, 4.69) is 0 Å². The zero-order valence-electron chi connectivity index (χ0n) is 22.0. The van der Waals surface area contributed by atoms with Gasteiger partial charge in [0, 0.05) is 50.9 Å². The van der Waals surface area contributed by atoms with Crippen LogP contribution in [-0.4, -0.2) is 64.4 Å². The number of esters is 3. The van der Waals surface area contributed by atoms with Crippen LogP contribution in [-0.2, 0) is 38.1 Å². The maximum absolute atomic E-state index is 12.4. The molecule has 3 heterocycles. The molecule has 0 aromatic carbocycles. The van der Waals surface area contributed by atoms with Crippen molar-refractivity contribution in [1.82, 2.24) is 0 Å². The Morgan fingerprint density at radius 2 is 1.63 bits per heavy atom. The van der Waals surface area contributed by atoms with Gasteiger partial charge in [-0.3, -0.25) is 14.4 Å². The van der Waals surface area contributed by atoms with Crippen molar-refractivity contribution < 1.29 is 43.2 Å². The summed E-state index contributed by atoms with van der Waals surface area (Å²) in [4.78, 5) is 37.0. The number of carbonyl (C=O) groups is 3. The second-order valence-corrected chi connectivity index (χ2v) is 11.8. The van der Waals surface area contributed by atoms with Gasteiger partial charge in [-0.15, -0.1) is 0 Å². The largest absolute Gasteiger partial charge is 0.458 e. The average molecular weight is 497 g/mol. The number of carbonyl (C=O) groups excluding carboxylic acids is 3. The lowest BCUT2D eigenvalue weighted by molar-refractivity contribution is -0.285. The molecule has 0 unspecified atom stereocenters. The summed E-state index contributed by atoms with van der Waals surface area (Å²) in [7, 11) is 0. The predicted molar refractivity (Wildman–Crippen MR) is 123 cm³/mol. The highest BCUT2D eigenvalue weighted by molar-refractivity contribution is 5.69. The van der Waals surface area contributed by atoms with Gasteiger partial charge in [0.25, 0.3) is 0 Å². The number of rotatable bonds is 4. The first-order valence-electron chi connectivity index (χ1n) is 12.7. The van der Waals surface area contributed by atoms with Crippen LogP contribution in [0.25, 0.3) is 0 Å². The number of hydrogen-bond acceptors (Lipinski definition) is 9. The Morgan fingerprint density at radius 3 is 2.17 bits per heavy atom. The Hall–Kier alpha value is -1.71. The molecule has 11 atom stereocenters. The molecule has 4 fully saturated rings. The second kappa shape index (κ2) is 8.70. The summed E-state index contributed by atoms with van der Waals surface area (Å²) in [5, 5.41) is 11.3. The van der Waals surface area contributed by atoms with Gasteiger partial charge in [0.15, 0.2) is 17.5 Å². The van der Waals surface area contributed by atoms with Crippen LogP contribution < -0.4 is 0 Å². The molecule has 4 bridgehead atoms.